The summed E-state index contributed by atoms with van der Waals surface area (Å²) in [4.78, 5) is 2.41. The normalized spacial score (nSPS) is 12.0. The fourth-order valence-electron chi connectivity index (χ4n) is 2.01. The number of rotatable bonds is 9. The van der Waals surface area contributed by atoms with Crippen LogP contribution in [0.2, 0.25) is 5.02 Å². The zero-order chi connectivity index (χ0) is 15.9. The molecule has 1 aromatic rings. The number of likely N-dealkylation sites (N-methyl/N-ethyl adjacent to an activating group) is 1. The predicted molar refractivity (Wildman–Crippen MR) is 87.2 cm³/mol. The third-order valence-corrected chi connectivity index (χ3v) is 5.14. The van der Waals surface area contributed by atoms with Crippen LogP contribution < -0.4 is 10.0 Å². The van der Waals surface area contributed by atoms with E-state index in [1.165, 1.54) is 6.07 Å². The zero-order valence-corrected chi connectivity index (χ0v) is 14.4. The van der Waals surface area contributed by atoms with Gasteiger partial charge in [0.2, 0.25) is 10.0 Å². The van der Waals surface area contributed by atoms with Crippen LogP contribution in [0.15, 0.2) is 23.1 Å². The standard InChI is InChI=1S/C14H24ClN3O2S/c1-4-18(5-2)9-8-17-21(19,20)13-6-7-14(15)12(10-13)11-16-3/h6-7,10,16-17H,4-5,8-9,11H2,1-3H3. The second kappa shape index (κ2) is 8.70. The average molecular weight is 334 g/mol. The van der Waals surface area contributed by atoms with Crippen molar-refractivity contribution >= 4 is 21.6 Å². The van der Waals surface area contributed by atoms with Crippen LogP contribution in [0.1, 0.15) is 19.4 Å². The zero-order valence-electron chi connectivity index (χ0n) is 12.8. The Hall–Kier alpha value is -0.660. The summed E-state index contributed by atoms with van der Waals surface area (Å²) in [5, 5.41) is 3.53. The molecule has 0 spiro atoms. The van der Waals surface area contributed by atoms with Crippen LogP contribution >= 0.6 is 11.6 Å². The number of nitrogens with one attached hydrogen (secondary N) is 2. The Bertz CT molecular complexity index is 545. The minimum atomic E-state index is -3.49. The van der Waals surface area contributed by atoms with Gasteiger partial charge < -0.3 is 10.2 Å². The number of sulfonamides is 1. The van der Waals surface area contributed by atoms with Crippen molar-refractivity contribution in [3.8, 4) is 0 Å². The number of benzene rings is 1. The number of hydrogen-bond acceptors (Lipinski definition) is 4. The van der Waals surface area contributed by atoms with Crippen LogP contribution in [0, 0.1) is 0 Å². The topological polar surface area (TPSA) is 61.4 Å². The molecule has 2 N–H and O–H groups in total. The highest BCUT2D eigenvalue weighted by Crippen LogP contribution is 2.20. The maximum absolute atomic E-state index is 12.3. The predicted octanol–water partition coefficient (Wildman–Crippen LogP) is 1.68. The van der Waals surface area contributed by atoms with Crippen molar-refractivity contribution in [2.75, 3.05) is 33.2 Å². The Morgan fingerprint density at radius 2 is 1.90 bits per heavy atom. The van der Waals surface area contributed by atoms with Crippen molar-refractivity contribution in [2.45, 2.75) is 25.3 Å². The molecule has 0 atom stereocenters. The summed E-state index contributed by atoms with van der Waals surface area (Å²) in [5.74, 6) is 0. The Kier molecular flexibility index (Phi) is 7.62. The maximum atomic E-state index is 12.3. The lowest BCUT2D eigenvalue weighted by atomic mass is 10.2. The number of hydrogen-bond donors (Lipinski definition) is 2. The van der Waals surface area contributed by atoms with Crippen molar-refractivity contribution in [3.05, 3.63) is 28.8 Å². The summed E-state index contributed by atoms with van der Waals surface area (Å²) in [6.45, 7) is 7.55. The van der Waals surface area contributed by atoms with E-state index in [4.69, 9.17) is 11.6 Å². The highest BCUT2D eigenvalue weighted by Gasteiger charge is 2.15. The van der Waals surface area contributed by atoms with Crippen molar-refractivity contribution < 1.29 is 8.42 Å². The summed E-state index contributed by atoms with van der Waals surface area (Å²) in [6.07, 6.45) is 0. The Morgan fingerprint density at radius 3 is 2.48 bits per heavy atom. The second-order valence-electron chi connectivity index (χ2n) is 4.71. The summed E-state index contributed by atoms with van der Waals surface area (Å²) in [5.41, 5.74) is 0.769. The molecular formula is C14H24ClN3O2S. The van der Waals surface area contributed by atoms with E-state index >= 15 is 0 Å². The molecule has 0 amide bonds. The summed E-state index contributed by atoms with van der Waals surface area (Å²) >= 11 is 6.05. The highest BCUT2D eigenvalue weighted by molar-refractivity contribution is 7.89. The lowest BCUT2D eigenvalue weighted by Gasteiger charge is -2.18. The van der Waals surface area contributed by atoms with Gasteiger partial charge in [-0.2, -0.15) is 0 Å². The molecule has 1 rings (SSSR count). The van der Waals surface area contributed by atoms with E-state index in [9.17, 15) is 8.42 Å². The molecule has 5 nitrogen and oxygen atoms in total. The summed E-state index contributed by atoms with van der Waals surface area (Å²) in [6, 6.07) is 4.76. The molecule has 7 heteroatoms. The van der Waals surface area contributed by atoms with Gasteiger partial charge in [-0.05, 0) is 43.9 Å². The number of nitrogens with zero attached hydrogens (tertiary/aromatic N) is 1. The van der Waals surface area contributed by atoms with Gasteiger partial charge in [0.05, 0.1) is 4.90 Å². The molecule has 0 aliphatic heterocycles. The second-order valence-corrected chi connectivity index (χ2v) is 6.88. The maximum Gasteiger partial charge on any atom is 0.240 e. The van der Waals surface area contributed by atoms with Gasteiger partial charge in [0.25, 0.3) is 0 Å². The molecule has 120 valence electrons. The van der Waals surface area contributed by atoms with E-state index in [1.807, 2.05) is 0 Å². The Labute approximate surface area is 132 Å². The molecule has 1 aromatic carbocycles. The third kappa shape index (κ3) is 5.56. The van der Waals surface area contributed by atoms with E-state index in [-0.39, 0.29) is 4.90 Å². The van der Waals surface area contributed by atoms with Gasteiger partial charge in [0, 0.05) is 24.7 Å². The molecule has 0 saturated heterocycles. The van der Waals surface area contributed by atoms with Gasteiger partial charge in [-0.25, -0.2) is 13.1 Å². The first kappa shape index (κ1) is 18.4. The minimum Gasteiger partial charge on any atom is -0.316 e. The summed E-state index contributed by atoms with van der Waals surface area (Å²) in [7, 11) is -1.70. The fraction of sp³-hybridized carbons (Fsp3) is 0.571. The minimum absolute atomic E-state index is 0.247. The van der Waals surface area contributed by atoms with E-state index in [1.54, 1.807) is 19.2 Å². The van der Waals surface area contributed by atoms with Crippen LogP contribution in [-0.2, 0) is 16.6 Å². The van der Waals surface area contributed by atoms with Crippen LogP contribution in [0.5, 0.6) is 0 Å². The molecule has 0 saturated carbocycles. The molecule has 0 unspecified atom stereocenters. The van der Waals surface area contributed by atoms with E-state index in [2.05, 4.69) is 28.8 Å². The molecular weight excluding hydrogens is 310 g/mol. The van der Waals surface area contributed by atoms with E-state index < -0.39 is 10.0 Å². The summed E-state index contributed by atoms with van der Waals surface area (Å²) < 4.78 is 27.2. The molecule has 0 radical (unpaired) electrons. The molecule has 21 heavy (non-hydrogen) atoms. The van der Waals surface area contributed by atoms with E-state index in [0.29, 0.717) is 24.7 Å². The number of halogens is 1. The molecule has 0 fully saturated rings. The molecule has 0 heterocycles. The van der Waals surface area contributed by atoms with Crippen molar-refractivity contribution in [2.24, 2.45) is 0 Å². The van der Waals surface area contributed by atoms with Crippen molar-refractivity contribution in [1.29, 1.82) is 0 Å². The van der Waals surface area contributed by atoms with Crippen molar-refractivity contribution in [1.82, 2.24) is 14.9 Å². The Morgan fingerprint density at radius 1 is 1.24 bits per heavy atom. The van der Waals surface area contributed by atoms with Crippen LogP contribution in [0.4, 0.5) is 0 Å². The van der Waals surface area contributed by atoms with Crippen molar-refractivity contribution in [3.63, 3.8) is 0 Å². The van der Waals surface area contributed by atoms with Gasteiger partial charge in [0.15, 0.2) is 0 Å². The molecule has 0 aromatic heterocycles. The van der Waals surface area contributed by atoms with E-state index in [0.717, 1.165) is 18.7 Å². The first-order valence-corrected chi connectivity index (χ1v) is 8.95. The van der Waals surface area contributed by atoms with Gasteiger partial charge in [0.1, 0.15) is 0 Å². The Balaban J connectivity index is 2.76. The monoisotopic (exact) mass is 333 g/mol. The van der Waals surface area contributed by atoms with Gasteiger partial charge in [-0.1, -0.05) is 25.4 Å². The lowest BCUT2D eigenvalue weighted by Crippen LogP contribution is -2.34. The smallest absolute Gasteiger partial charge is 0.240 e. The fourth-order valence-corrected chi connectivity index (χ4v) is 3.26. The quantitative estimate of drug-likeness (QED) is 0.722. The first-order chi connectivity index (χ1) is 9.94. The lowest BCUT2D eigenvalue weighted by molar-refractivity contribution is 0.309. The largest absolute Gasteiger partial charge is 0.316 e. The average Bonchev–Trinajstić information content (AvgIpc) is 2.46. The highest BCUT2D eigenvalue weighted by atomic mass is 35.5. The van der Waals surface area contributed by atoms with Crippen LogP contribution in [-0.4, -0.2) is 46.5 Å². The molecule has 0 aliphatic rings. The molecule has 0 aliphatic carbocycles. The van der Waals surface area contributed by atoms with Gasteiger partial charge in [-0.3, -0.25) is 0 Å². The SMILES string of the molecule is CCN(CC)CCNS(=O)(=O)c1ccc(Cl)c(CNC)c1. The van der Waals surface area contributed by atoms with Gasteiger partial charge in [-0.15, -0.1) is 0 Å². The molecule has 0 bridgehead atoms. The van der Waals surface area contributed by atoms with Crippen LogP contribution in [0.3, 0.4) is 0 Å². The van der Waals surface area contributed by atoms with Crippen LogP contribution in [0.25, 0.3) is 0 Å². The van der Waals surface area contributed by atoms with Gasteiger partial charge >= 0.3 is 0 Å². The third-order valence-electron chi connectivity index (χ3n) is 3.31. The first-order valence-electron chi connectivity index (χ1n) is 7.09.